The standard InChI is InChI=1S/C19H20N4O/c24-19(14-7-8-17-18(11-14)21-13-20-17)22-16-6-2-1-5-15(16)12-23-9-3-4-10-23/h1-2,5-8,11,13H,3-4,9-10,12H2,(H,20,21)(H,22,24). The molecule has 1 aliphatic rings. The maximum Gasteiger partial charge on any atom is 0.255 e. The van der Waals surface area contributed by atoms with Gasteiger partial charge in [0.15, 0.2) is 0 Å². The summed E-state index contributed by atoms with van der Waals surface area (Å²) < 4.78 is 0. The van der Waals surface area contributed by atoms with Crippen LogP contribution >= 0.6 is 0 Å². The summed E-state index contributed by atoms with van der Waals surface area (Å²) in [5, 5.41) is 3.06. The molecule has 2 aromatic carbocycles. The first-order chi connectivity index (χ1) is 11.8. The van der Waals surface area contributed by atoms with Gasteiger partial charge in [-0.15, -0.1) is 0 Å². The first-order valence-electron chi connectivity index (χ1n) is 8.34. The van der Waals surface area contributed by atoms with Gasteiger partial charge in [-0.05, 0) is 55.8 Å². The Bertz CT molecular complexity index is 864. The van der Waals surface area contributed by atoms with E-state index in [1.54, 1.807) is 6.33 Å². The molecular weight excluding hydrogens is 300 g/mol. The van der Waals surface area contributed by atoms with Gasteiger partial charge in [0.05, 0.1) is 17.4 Å². The molecule has 0 atom stereocenters. The van der Waals surface area contributed by atoms with Gasteiger partial charge in [0.2, 0.25) is 0 Å². The van der Waals surface area contributed by atoms with Crippen LogP contribution in [-0.2, 0) is 6.54 Å². The fourth-order valence-corrected chi connectivity index (χ4v) is 3.23. The number of nitrogens with zero attached hydrogens (tertiary/aromatic N) is 2. The van der Waals surface area contributed by atoms with Gasteiger partial charge in [-0.25, -0.2) is 4.98 Å². The third kappa shape index (κ3) is 3.03. The molecule has 1 aromatic heterocycles. The number of aromatic amines is 1. The molecule has 5 heteroatoms. The number of imidazole rings is 1. The monoisotopic (exact) mass is 320 g/mol. The number of amides is 1. The van der Waals surface area contributed by atoms with E-state index in [1.165, 1.54) is 12.8 Å². The molecule has 0 bridgehead atoms. The fraction of sp³-hybridized carbons (Fsp3) is 0.263. The van der Waals surface area contributed by atoms with Crippen molar-refractivity contribution in [1.82, 2.24) is 14.9 Å². The lowest BCUT2D eigenvalue weighted by Crippen LogP contribution is -2.20. The lowest BCUT2D eigenvalue weighted by atomic mass is 10.1. The summed E-state index contributed by atoms with van der Waals surface area (Å²) in [5.41, 5.74) is 4.41. The molecule has 0 radical (unpaired) electrons. The second-order valence-corrected chi connectivity index (χ2v) is 6.23. The van der Waals surface area contributed by atoms with Gasteiger partial charge in [0.1, 0.15) is 0 Å². The van der Waals surface area contributed by atoms with Crippen LogP contribution < -0.4 is 5.32 Å². The van der Waals surface area contributed by atoms with Crippen molar-refractivity contribution in [1.29, 1.82) is 0 Å². The Hall–Kier alpha value is -2.66. The predicted molar refractivity (Wildman–Crippen MR) is 95.0 cm³/mol. The Morgan fingerprint density at radius 3 is 2.88 bits per heavy atom. The minimum absolute atomic E-state index is 0.0969. The van der Waals surface area contributed by atoms with Crippen LogP contribution in [0.1, 0.15) is 28.8 Å². The summed E-state index contributed by atoms with van der Waals surface area (Å²) in [6, 6.07) is 13.5. The average Bonchev–Trinajstić information content (AvgIpc) is 3.27. The fourth-order valence-electron chi connectivity index (χ4n) is 3.23. The summed E-state index contributed by atoms with van der Waals surface area (Å²) in [4.78, 5) is 22.3. The van der Waals surface area contributed by atoms with E-state index in [1.807, 2.05) is 36.4 Å². The van der Waals surface area contributed by atoms with Crippen molar-refractivity contribution < 1.29 is 4.79 Å². The zero-order chi connectivity index (χ0) is 16.4. The molecule has 0 saturated carbocycles. The van der Waals surface area contributed by atoms with E-state index in [-0.39, 0.29) is 5.91 Å². The van der Waals surface area contributed by atoms with Crippen LogP contribution in [-0.4, -0.2) is 33.9 Å². The molecule has 1 saturated heterocycles. The van der Waals surface area contributed by atoms with Gasteiger partial charge in [0, 0.05) is 17.8 Å². The summed E-state index contributed by atoms with van der Waals surface area (Å²) >= 11 is 0. The highest BCUT2D eigenvalue weighted by Gasteiger charge is 2.15. The predicted octanol–water partition coefficient (Wildman–Crippen LogP) is 3.41. The number of likely N-dealkylation sites (tertiary alicyclic amines) is 1. The number of benzene rings is 2. The van der Waals surface area contributed by atoms with E-state index >= 15 is 0 Å². The largest absolute Gasteiger partial charge is 0.345 e. The van der Waals surface area contributed by atoms with E-state index in [0.29, 0.717) is 5.56 Å². The topological polar surface area (TPSA) is 61.0 Å². The van der Waals surface area contributed by atoms with E-state index in [4.69, 9.17) is 0 Å². The molecule has 4 rings (SSSR count). The number of hydrogen-bond acceptors (Lipinski definition) is 3. The summed E-state index contributed by atoms with van der Waals surface area (Å²) in [6.45, 7) is 3.16. The van der Waals surface area contributed by atoms with Crippen LogP contribution in [0, 0.1) is 0 Å². The number of rotatable bonds is 4. The number of aromatic nitrogens is 2. The molecule has 1 amide bonds. The molecule has 0 spiro atoms. The molecule has 2 N–H and O–H groups in total. The summed E-state index contributed by atoms with van der Waals surface area (Å²) in [7, 11) is 0. The van der Waals surface area contributed by atoms with E-state index in [9.17, 15) is 4.79 Å². The molecule has 24 heavy (non-hydrogen) atoms. The maximum absolute atomic E-state index is 12.6. The number of fused-ring (bicyclic) bond motifs is 1. The Morgan fingerprint density at radius 2 is 2.00 bits per heavy atom. The zero-order valence-electron chi connectivity index (χ0n) is 13.5. The number of nitrogens with one attached hydrogen (secondary N) is 2. The van der Waals surface area contributed by atoms with Gasteiger partial charge in [-0.3, -0.25) is 9.69 Å². The Balaban J connectivity index is 1.54. The SMILES string of the molecule is O=C(Nc1ccccc1CN1CCCC1)c1ccc2nc[nH]c2c1. The van der Waals surface area contributed by atoms with Gasteiger partial charge in [-0.2, -0.15) is 0 Å². The second-order valence-electron chi connectivity index (χ2n) is 6.23. The highest BCUT2D eigenvalue weighted by Crippen LogP contribution is 2.21. The van der Waals surface area contributed by atoms with Crippen molar-refractivity contribution in [2.75, 3.05) is 18.4 Å². The van der Waals surface area contributed by atoms with Crippen LogP contribution in [0.3, 0.4) is 0 Å². The van der Waals surface area contributed by atoms with Crippen LogP contribution in [0.4, 0.5) is 5.69 Å². The number of hydrogen-bond donors (Lipinski definition) is 2. The smallest absolute Gasteiger partial charge is 0.255 e. The molecule has 2 heterocycles. The quantitative estimate of drug-likeness (QED) is 0.774. The van der Waals surface area contributed by atoms with Crippen LogP contribution in [0.5, 0.6) is 0 Å². The van der Waals surface area contributed by atoms with Crippen molar-refractivity contribution >= 4 is 22.6 Å². The number of carbonyl (C=O) groups excluding carboxylic acids is 1. The molecule has 1 fully saturated rings. The van der Waals surface area contributed by atoms with Crippen molar-refractivity contribution in [3.05, 3.63) is 59.9 Å². The highest BCUT2D eigenvalue weighted by molar-refractivity contribution is 6.06. The minimum Gasteiger partial charge on any atom is -0.345 e. The van der Waals surface area contributed by atoms with Crippen molar-refractivity contribution in [2.45, 2.75) is 19.4 Å². The van der Waals surface area contributed by atoms with Crippen LogP contribution in [0.25, 0.3) is 11.0 Å². The maximum atomic E-state index is 12.6. The molecule has 0 aliphatic carbocycles. The Morgan fingerprint density at radius 1 is 1.17 bits per heavy atom. The van der Waals surface area contributed by atoms with Crippen molar-refractivity contribution in [3.8, 4) is 0 Å². The third-order valence-corrected chi connectivity index (χ3v) is 4.54. The van der Waals surface area contributed by atoms with Gasteiger partial charge >= 0.3 is 0 Å². The Kier molecular flexibility index (Phi) is 4.01. The molecule has 3 aromatic rings. The van der Waals surface area contributed by atoms with Gasteiger partial charge in [0.25, 0.3) is 5.91 Å². The molecule has 0 unspecified atom stereocenters. The zero-order valence-corrected chi connectivity index (χ0v) is 13.5. The number of para-hydroxylation sites is 1. The first kappa shape index (κ1) is 14.9. The van der Waals surface area contributed by atoms with Crippen molar-refractivity contribution in [2.24, 2.45) is 0 Å². The van der Waals surface area contributed by atoms with Crippen molar-refractivity contribution in [3.63, 3.8) is 0 Å². The number of anilines is 1. The molecule has 122 valence electrons. The summed E-state index contributed by atoms with van der Waals surface area (Å²) in [5.74, 6) is -0.0969. The average molecular weight is 320 g/mol. The normalized spacial score (nSPS) is 15.0. The minimum atomic E-state index is -0.0969. The molecule has 1 aliphatic heterocycles. The van der Waals surface area contributed by atoms with E-state index in [0.717, 1.165) is 41.9 Å². The lowest BCUT2D eigenvalue weighted by Gasteiger charge is -2.17. The van der Waals surface area contributed by atoms with Gasteiger partial charge < -0.3 is 10.3 Å². The van der Waals surface area contributed by atoms with E-state index in [2.05, 4.69) is 26.3 Å². The molecule has 5 nitrogen and oxygen atoms in total. The van der Waals surface area contributed by atoms with Crippen LogP contribution in [0.2, 0.25) is 0 Å². The Labute approximate surface area is 140 Å². The number of H-pyrrole nitrogens is 1. The third-order valence-electron chi connectivity index (χ3n) is 4.54. The number of carbonyl (C=O) groups is 1. The highest BCUT2D eigenvalue weighted by atomic mass is 16.1. The molecular formula is C19H20N4O. The second kappa shape index (κ2) is 6.45. The van der Waals surface area contributed by atoms with Gasteiger partial charge in [-0.1, -0.05) is 18.2 Å². The first-order valence-corrected chi connectivity index (χ1v) is 8.34. The van der Waals surface area contributed by atoms with Crippen LogP contribution in [0.15, 0.2) is 48.8 Å². The lowest BCUT2D eigenvalue weighted by molar-refractivity contribution is 0.102. The van der Waals surface area contributed by atoms with E-state index < -0.39 is 0 Å². The summed E-state index contributed by atoms with van der Waals surface area (Å²) in [6.07, 6.45) is 4.16.